The van der Waals surface area contributed by atoms with Crippen LogP contribution >= 0.6 is 0 Å². The molecule has 0 fully saturated rings. The first-order valence-electron chi connectivity index (χ1n) is 14.3. The molecule has 0 aromatic rings. The van der Waals surface area contributed by atoms with Crippen LogP contribution in [-0.2, 0) is 14.4 Å². The summed E-state index contributed by atoms with van der Waals surface area (Å²) in [4.78, 5) is 36.9. The van der Waals surface area contributed by atoms with Crippen LogP contribution in [0.5, 0.6) is 0 Å². The van der Waals surface area contributed by atoms with E-state index in [1.165, 1.54) is 70.6 Å². The van der Waals surface area contributed by atoms with Crippen LogP contribution in [-0.4, -0.2) is 35.0 Å². The number of carbonyl (C=O) groups is 3. The van der Waals surface area contributed by atoms with Crippen molar-refractivity contribution in [3.63, 3.8) is 0 Å². The molecule has 0 aromatic carbocycles. The number of carbonyl (C=O) groups excluding carboxylic acids is 2. The van der Waals surface area contributed by atoms with Gasteiger partial charge in [0.1, 0.15) is 6.04 Å². The first kappa shape index (κ1) is 33.4. The smallest absolute Gasteiger partial charge is 0.304 e. The van der Waals surface area contributed by atoms with Crippen molar-refractivity contribution in [2.45, 2.75) is 156 Å². The standard InChI is InChI=1S/C29H56N2O4/c1-7-8-9-10-11-12-13-14-15-16-17-18-19-20-21-24(22-25(32)33)27(34)31-26(29(4,5)6)28(35)30-23(2)3/h23-24,26H,7-22H2,1-6H3,(H,30,35)(H,31,34)(H,32,33)/t24?,26-/m1/s1. The number of hydrogen-bond donors (Lipinski definition) is 3. The molecule has 1 unspecified atom stereocenters. The van der Waals surface area contributed by atoms with E-state index < -0.39 is 23.3 Å². The lowest BCUT2D eigenvalue weighted by Gasteiger charge is -2.32. The number of hydrogen-bond acceptors (Lipinski definition) is 3. The summed E-state index contributed by atoms with van der Waals surface area (Å²) in [5.41, 5.74) is -0.475. The van der Waals surface area contributed by atoms with Gasteiger partial charge >= 0.3 is 5.97 Å². The fourth-order valence-corrected chi connectivity index (χ4v) is 4.43. The molecule has 2 atom stereocenters. The van der Waals surface area contributed by atoms with Gasteiger partial charge in [0.05, 0.1) is 6.42 Å². The van der Waals surface area contributed by atoms with Crippen LogP contribution in [0.2, 0.25) is 0 Å². The van der Waals surface area contributed by atoms with Gasteiger partial charge < -0.3 is 15.7 Å². The third kappa shape index (κ3) is 18.4. The van der Waals surface area contributed by atoms with Gasteiger partial charge in [0.25, 0.3) is 0 Å². The molecule has 2 amide bonds. The van der Waals surface area contributed by atoms with E-state index in [0.29, 0.717) is 6.42 Å². The number of rotatable bonds is 21. The molecule has 0 saturated carbocycles. The van der Waals surface area contributed by atoms with Gasteiger partial charge in [0.2, 0.25) is 11.8 Å². The van der Waals surface area contributed by atoms with E-state index >= 15 is 0 Å². The Morgan fingerprint density at radius 2 is 1.11 bits per heavy atom. The highest BCUT2D eigenvalue weighted by Gasteiger charge is 2.35. The summed E-state index contributed by atoms with van der Waals surface area (Å²) in [6.07, 6.45) is 17.9. The molecule has 0 aromatic heterocycles. The molecule has 0 bridgehead atoms. The Hall–Kier alpha value is -1.59. The lowest BCUT2D eigenvalue weighted by atomic mass is 9.85. The molecular formula is C29H56N2O4. The largest absolute Gasteiger partial charge is 0.481 e. The Labute approximate surface area is 215 Å². The molecule has 3 N–H and O–H groups in total. The molecule has 0 radical (unpaired) electrons. The molecule has 0 heterocycles. The quantitative estimate of drug-likeness (QED) is 0.149. The molecule has 35 heavy (non-hydrogen) atoms. The Bertz CT molecular complexity index is 584. The second kappa shape index (κ2) is 19.6. The number of nitrogens with one attached hydrogen (secondary N) is 2. The minimum atomic E-state index is -0.977. The normalized spacial score (nSPS) is 13.5. The average Bonchev–Trinajstić information content (AvgIpc) is 2.75. The molecule has 6 nitrogen and oxygen atoms in total. The zero-order valence-electron chi connectivity index (χ0n) is 23.7. The minimum absolute atomic E-state index is 0.0328. The molecule has 0 aliphatic heterocycles. The van der Waals surface area contributed by atoms with Crippen LogP contribution in [0.4, 0.5) is 0 Å². The maximum absolute atomic E-state index is 12.9. The summed E-state index contributed by atoms with van der Waals surface area (Å²) in [6, 6.07) is -0.736. The summed E-state index contributed by atoms with van der Waals surface area (Å²) in [5.74, 6) is -2.15. The first-order chi connectivity index (χ1) is 16.5. The van der Waals surface area contributed by atoms with Crippen LogP contribution < -0.4 is 10.6 Å². The summed E-state index contributed by atoms with van der Waals surface area (Å²) in [5, 5.41) is 15.0. The summed E-state index contributed by atoms with van der Waals surface area (Å²) in [6.45, 7) is 11.7. The van der Waals surface area contributed by atoms with Crippen molar-refractivity contribution in [2.24, 2.45) is 11.3 Å². The van der Waals surface area contributed by atoms with E-state index in [0.717, 1.165) is 19.3 Å². The van der Waals surface area contributed by atoms with Gasteiger partial charge in [0.15, 0.2) is 0 Å². The van der Waals surface area contributed by atoms with Crippen molar-refractivity contribution in [3.8, 4) is 0 Å². The van der Waals surface area contributed by atoms with Gasteiger partial charge in [-0.2, -0.15) is 0 Å². The van der Waals surface area contributed by atoms with Crippen LogP contribution in [0.25, 0.3) is 0 Å². The average molecular weight is 497 g/mol. The summed E-state index contributed by atoms with van der Waals surface area (Å²) >= 11 is 0. The van der Waals surface area contributed by atoms with E-state index in [1.54, 1.807) is 0 Å². The molecule has 0 spiro atoms. The second-order valence-electron chi connectivity index (χ2n) is 11.7. The van der Waals surface area contributed by atoms with Gasteiger partial charge in [-0.25, -0.2) is 0 Å². The van der Waals surface area contributed by atoms with Crippen LogP contribution in [0.15, 0.2) is 0 Å². The lowest BCUT2D eigenvalue weighted by molar-refractivity contribution is -0.142. The SMILES string of the molecule is CCCCCCCCCCCCCCCCC(CC(=O)O)C(=O)N[C@H](C(=O)NC(C)C)C(C)(C)C. The highest BCUT2D eigenvalue weighted by molar-refractivity contribution is 5.90. The Morgan fingerprint density at radius 1 is 0.686 bits per heavy atom. The van der Waals surface area contributed by atoms with E-state index in [2.05, 4.69) is 17.6 Å². The number of aliphatic carboxylic acids is 1. The molecule has 0 rings (SSSR count). The van der Waals surface area contributed by atoms with Crippen molar-refractivity contribution in [1.29, 1.82) is 0 Å². The molecule has 206 valence electrons. The van der Waals surface area contributed by atoms with Crippen LogP contribution in [0.1, 0.15) is 144 Å². The van der Waals surface area contributed by atoms with E-state index in [-0.39, 0.29) is 24.3 Å². The van der Waals surface area contributed by atoms with E-state index in [4.69, 9.17) is 0 Å². The van der Waals surface area contributed by atoms with E-state index in [1.807, 2.05) is 34.6 Å². The fraction of sp³-hybridized carbons (Fsp3) is 0.897. The van der Waals surface area contributed by atoms with Crippen molar-refractivity contribution in [2.75, 3.05) is 0 Å². The second-order valence-corrected chi connectivity index (χ2v) is 11.7. The van der Waals surface area contributed by atoms with Gasteiger partial charge in [-0.3, -0.25) is 14.4 Å². The molecular weight excluding hydrogens is 440 g/mol. The molecule has 0 aliphatic carbocycles. The number of carboxylic acids is 1. The summed E-state index contributed by atoms with van der Waals surface area (Å²) < 4.78 is 0. The molecule has 6 heteroatoms. The lowest BCUT2D eigenvalue weighted by Crippen LogP contribution is -2.55. The van der Waals surface area contributed by atoms with Gasteiger partial charge in [0, 0.05) is 12.0 Å². The summed E-state index contributed by atoms with van der Waals surface area (Å²) in [7, 11) is 0. The topological polar surface area (TPSA) is 95.5 Å². The van der Waals surface area contributed by atoms with Gasteiger partial charge in [-0.15, -0.1) is 0 Å². The zero-order valence-corrected chi connectivity index (χ0v) is 23.7. The highest BCUT2D eigenvalue weighted by atomic mass is 16.4. The predicted octanol–water partition coefficient (Wildman–Crippen LogP) is 7.00. The monoisotopic (exact) mass is 496 g/mol. The Morgan fingerprint density at radius 3 is 1.49 bits per heavy atom. The van der Waals surface area contributed by atoms with Crippen molar-refractivity contribution in [3.05, 3.63) is 0 Å². The maximum atomic E-state index is 12.9. The Kier molecular flexibility index (Phi) is 18.7. The Balaban J connectivity index is 4.29. The number of amides is 2. The van der Waals surface area contributed by atoms with Gasteiger partial charge in [-0.05, 0) is 25.7 Å². The first-order valence-corrected chi connectivity index (χ1v) is 14.3. The molecule has 0 aliphatic rings. The number of unbranched alkanes of at least 4 members (excludes halogenated alkanes) is 13. The number of carboxylic acid groups (broad SMARTS) is 1. The van der Waals surface area contributed by atoms with Crippen molar-refractivity contribution in [1.82, 2.24) is 10.6 Å². The highest BCUT2D eigenvalue weighted by Crippen LogP contribution is 2.22. The zero-order chi connectivity index (χ0) is 26.7. The van der Waals surface area contributed by atoms with Crippen molar-refractivity contribution >= 4 is 17.8 Å². The minimum Gasteiger partial charge on any atom is -0.481 e. The van der Waals surface area contributed by atoms with E-state index in [9.17, 15) is 19.5 Å². The van der Waals surface area contributed by atoms with Crippen LogP contribution in [0, 0.1) is 11.3 Å². The van der Waals surface area contributed by atoms with Gasteiger partial charge in [-0.1, -0.05) is 118 Å². The fourth-order valence-electron chi connectivity index (χ4n) is 4.43. The van der Waals surface area contributed by atoms with Crippen molar-refractivity contribution < 1.29 is 19.5 Å². The third-order valence-electron chi connectivity index (χ3n) is 6.54. The molecule has 0 saturated heterocycles. The maximum Gasteiger partial charge on any atom is 0.304 e. The predicted molar refractivity (Wildman–Crippen MR) is 145 cm³/mol. The van der Waals surface area contributed by atoms with Crippen LogP contribution in [0.3, 0.4) is 0 Å². The third-order valence-corrected chi connectivity index (χ3v) is 6.54.